The molecule has 17 heavy (non-hydrogen) atoms. The van der Waals surface area contributed by atoms with E-state index in [0.717, 1.165) is 4.90 Å². The van der Waals surface area contributed by atoms with Crippen molar-refractivity contribution in [3.63, 3.8) is 0 Å². The second kappa shape index (κ2) is 4.56. The molecule has 0 unspecified atom stereocenters. The molecule has 0 N–H and O–H groups in total. The molecule has 1 fully saturated rings. The van der Waals surface area contributed by atoms with Gasteiger partial charge in [-0.3, -0.25) is 9.59 Å². The number of hydrogen-bond acceptors (Lipinski definition) is 3. The van der Waals surface area contributed by atoms with Gasteiger partial charge in [-0.2, -0.15) is 5.26 Å². The summed E-state index contributed by atoms with van der Waals surface area (Å²) < 4.78 is 0. The smallest absolute Gasteiger partial charge is 0.233 e. The summed E-state index contributed by atoms with van der Waals surface area (Å²) in [7, 11) is 0. The number of imide groups is 1. The van der Waals surface area contributed by atoms with Gasteiger partial charge in [0.25, 0.3) is 0 Å². The maximum absolute atomic E-state index is 11.7. The first-order chi connectivity index (χ1) is 8.13. The highest BCUT2D eigenvalue weighted by molar-refractivity contribution is 6.35. The molecule has 2 rings (SSSR count). The first-order valence-corrected chi connectivity index (χ1v) is 5.56. The van der Waals surface area contributed by atoms with Crippen LogP contribution in [0.25, 0.3) is 0 Å². The number of amides is 2. The molecular formula is C12H9ClN2O2. The third-order valence-electron chi connectivity index (χ3n) is 2.60. The van der Waals surface area contributed by atoms with Gasteiger partial charge in [0.15, 0.2) is 0 Å². The van der Waals surface area contributed by atoms with Crippen LogP contribution in [0.5, 0.6) is 0 Å². The number of carbonyl (C=O) groups is 2. The molecule has 0 aliphatic carbocycles. The molecule has 5 heteroatoms. The van der Waals surface area contributed by atoms with Gasteiger partial charge in [-0.15, -0.1) is 0 Å². The minimum absolute atomic E-state index is 0.243. The maximum Gasteiger partial charge on any atom is 0.233 e. The number of carbonyl (C=O) groups excluding carboxylic acids is 2. The van der Waals surface area contributed by atoms with E-state index in [9.17, 15) is 9.59 Å². The van der Waals surface area contributed by atoms with Gasteiger partial charge in [-0.25, -0.2) is 4.90 Å². The SMILES string of the molecule is N#Cc1ccc(N2C(=O)CCCC2=O)c(Cl)c1. The van der Waals surface area contributed by atoms with Crippen molar-refractivity contribution in [2.24, 2.45) is 0 Å². The lowest BCUT2D eigenvalue weighted by Crippen LogP contribution is -2.40. The first kappa shape index (κ1) is 11.6. The van der Waals surface area contributed by atoms with Crippen molar-refractivity contribution in [3.05, 3.63) is 28.8 Å². The molecule has 0 aromatic heterocycles. The standard InChI is InChI=1S/C12H9ClN2O2/c13-9-6-8(7-14)4-5-10(9)15-11(16)2-1-3-12(15)17/h4-6H,1-3H2. The zero-order chi connectivity index (χ0) is 12.4. The van der Waals surface area contributed by atoms with Crippen LogP contribution in [0, 0.1) is 11.3 Å². The van der Waals surface area contributed by atoms with E-state index in [1.54, 1.807) is 0 Å². The van der Waals surface area contributed by atoms with Gasteiger partial charge in [-0.05, 0) is 24.6 Å². The van der Waals surface area contributed by atoms with Crippen LogP contribution in [-0.2, 0) is 9.59 Å². The minimum atomic E-state index is -0.243. The van der Waals surface area contributed by atoms with Crippen molar-refractivity contribution in [1.29, 1.82) is 5.26 Å². The van der Waals surface area contributed by atoms with Crippen molar-refractivity contribution in [2.75, 3.05) is 4.90 Å². The fourth-order valence-corrected chi connectivity index (χ4v) is 2.05. The average Bonchev–Trinajstić information content (AvgIpc) is 2.30. The van der Waals surface area contributed by atoms with Crippen LogP contribution in [0.3, 0.4) is 0 Å². The van der Waals surface area contributed by atoms with E-state index in [1.807, 2.05) is 6.07 Å². The Labute approximate surface area is 103 Å². The molecule has 0 saturated carbocycles. The monoisotopic (exact) mass is 248 g/mol. The lowest BCUT2D eigenvalue weighted by molar-refractivity contribution is -0.129. The fraction of sp³-hybridized carbons (Fsp3) is 0.250. The molecule has 1 heterocycles. The highest BCUT2D eigenvalue weighted by atomic mass is 35.5. The van der Waals surface area contributed by atoms with E-state index < -0.39 is 0 Å². The van der Waals surface area contributed by atoms with Crippen molar-refractivity contribution < 1.29 is 9.59 Å². The van der Waals surface area contributed by atoms with Crippen molar-refractivity contribution in [1.82, 2.24) is 0 Å². The summed E-state index contributed by atoms with van der Waals surface area (Å²) in [6, 6.07) is 6.47. The van der Waals surface area contributed by atoms with Gasteiger partial charge in [0.1, 0.15) is 0 Å². The molecule has 0 spiro atoms. The van der Waals surface area contributed by atoms with Crippen molar-refractivity contribution in [3.8, 4) is 6.07 Å². The van der Waals surface area contributed by atoms with Gasteiger partial charge >= 0.3 is 0 Å². The number of halogens is 1. The lowest BCUT2D eigenvalue weighted by Gasteiger charge is -2.25. The highest BCUT2D eigenvalue weighted by Gasteiger charge is 2.28. The van der Waals surface area contributed by atoms with Gasteiger partial charge in [0.2, 0.25) is 11.8 Å². The van der Waals surface area contributed by atoms with Crippen LogP contribution < -0.4 is 4.90 Å². The Balaban J connectivity index is 2.42. The summed E-state index contributed by atoms with van der Waals surface area (Å²) in [5.41, 5.74) is 0.760. The Kier molecular flexibility index (Phi) is 3.12. The summed E-state index contributed by atoms with van der Waals surface area (Å²) in [4.78, 5) is 24.5. The minimum Gasteiger partial charge on any atom is -0.274 e. The molecule has 2 amide bonds. The van der Waals surface area contributed by atoms with E-state index in [4.69, 9.17) is 16.9 Å². The zero-order valence-electron chi connectivity index (χ0n) is 8.94. The third kappa shape index (κ3) is 2.15. The maximum atomic E-state index is 11.7. The number of hydrogen-bond donors (Lipinski definition) is 0. The van der Waals surface area contributed by atoms with Gasteiger partial charge in [0, 0.05) is 12.8 Å². The van der Waals surface area contributed by atoms with Crippen molar-refractivity contribution >= 4 is 29.1 Å². The molecule has 1 aromatic carbocycles. The van der Waals surface area contributed by atoms with E-state index in [0.29, 0.717) is 30.5 Å². The molecule has 1 aliphatic rings. The number of anilines is 1. The Morgan fingerprint density at radius 1 is 1.24 bits per heavy atom. The predicted octanol–water partition coefficient (Wildman–Crippen LogP) is 2.26. The molecule has 1 saturated heterocycles. The number of nitrogens with zero attached hydrogens (tertiary/aromatic N) is 2. The largest absolute Gasteiger partial charge is 0.274 e. The van der Waals surface area contributed by atoms with Crippen LogP contribution in [0.2, 0.25) is 5.02 Å². The molecular weight excluding hydrogens is 240 g/mol. The van der Waals surface area contributed by atoms with Crippen LogP contribution >= 0.6 is 11.6 Å². The van der Waals surface area contributed by atoms with E-state index in [1.165, 1.54) is 18.2 Å². The number of rotatable bonds is 1. The summed E-state index contributed by atoms with van der Waals surface area (Å²) >= 11 is 5.97. The quantitative estimate of drug-likeness (QED) is 0.716. The second-order valence-corrected chi connectivity index (χ2v) is 4.16. The Morgan fingerprint density at radius 2 is 1.88 bits per heavy atom. The summed E-state index contributed by atoms with van der Waals surface area (Å²) in [5, 5.41) is 8.95. The molecule has 1 aliphatic heterocycles. The second-order valence-electron chi connectivity index (χ2n) is 3.75. The van der Waals surface area contributed by atoms with Gasteiger partial charge in [0.05, 0.1) is 22.3 Å². The van der Waals surface area contributed by atoms with Gasteiger partial charge in [-0.1, -0.05) is 11.6 Å². The average molecular weight is 249 g/mol. The Bertz CT molecular complexity index is 518. The summed E-state index contributed by atoms with van der Waals surface area (Å²) in [6.45, 7) is 0. The Hall–Kier alpha value is -1.86. The molecule has 0 radical (unpaired) electrons. The van der Waals surface area contributed by atoms with Crippen molar-refractivity contribution in [2.45, 2.75) is 19.3 Å². The van der Waals surface area contributed by atoms with Crippen LogP contribution in [0.15, 0.2) is 18.2 Å². The first-order valence-electron chi connectivity index (χ1n) is 5.19. The van der Waals surface area contributed by atoms with Crippen LogP contribution in [0.4, 0.5) is 5.69 Å². The predicted molar refractivity (Wildman–Crippen MR) is 62.5 cm³/mol. The fourth-order valence-electron chi connectivity index (χ4n) is 1.78. The normalized spacial score (nSPS) is 15.9. The molecule has 0 bridgehead atoms. The molecule has 4 nitrogen and oxygen atoms in total. The Morgan fingerprint density at radius 3 is 2.41 bits per heavy atom. The number of nitriles is 1. The molecule has 0 atom stereocenters. The summed E-state index contributed by atoms with van der Waals surface area (Å²) in [5.74, 6) is -0.485. The number of piperidine rings is 1. The number of benzene rings is 1. The zero-order valence-corrected chi connectivity index (χ0v) is 9.70. The van der Waals surface area contributed by atoms with Crippen LogP contribution in [0.1, 0.15) is 24.8 Å². The van der Waals surface area contributed by atoms with Gasteiger partial charge < -0.3 is 0 Å². The van der Waals surface area contributed by atoms with Crippen LogP contribution in [-0.4, -0.2) is 11.8 Å². The topological polar surface area (TPSA) is 61.2 Å². The van der Waals surface area contributed by atoms with E-state index >= 15 is 0 Å². The van der Waals surface area contributed by atoms with E-state index in [-0.39, 0.29) is 16.8 Å². The molecule has 1 aromatic rings. The highest BCUT2D eigenvalue weighted by Crippen LogP contribution is 2.30. The third-order valence-corrected chi connectivity index (χ3v) is 2.90. The van der Waals surface area contributed by atoms with E-state index in [2.05, 4.69) is 0 Å². The summed E-state index contributed by atoms with van der Waals surface area (Å²) in [6.07, 6.45) is 1.28. The molecule has 86 valence electrons. The lowest BCUT2D eigenvalue weighted by atomic mass is 10.1.